The predicted octanol–water partition coefficient (Wildman–Crippen LogP) is 9.44. The third-order valence-corrected chi connectivity index (χ3v) is 12.4. The molecule has 328 valence electrons. The molecule has 0 N–H and O–H groups in total. The van der Waals surface area contributed by atoms with Gasteiger partial charge in [-0.15, -0.1) is 0 Å². The number of benzene rings is 6. The molecule has 6 aromatic carbocycles. The van der Waals surface area contributed by atoms with Crippen LogP contribution in [0.2, 0.25) is 0 Å². The highest BCUT2D eigenvalue weighted by Crippen LogP contribution is 2.42. The topological polar surface area (TPSA) is 98.8 Å². The van der Waals surface area contributed by atoms with Gasteiger partial charge < -0.3 is 33.2 Å². The van der Waals surface area contributed by atoms with Gasteiger partial charge in [-0.05, 0) is 75.2 Å². The van der Waals surface area contributed by atoms with E-state index in [4.69, 9.17) is 33.2 Å². The molecule has 8 rings (SSSR count). The van der Waals surface area contributed by atoms with Crippen LogP contribution in [-0.4, -0.2) is 64.7 Å². The highest BCUT2D eigenvalue weighted by molar-refractivity contribution is 7.90. The second-order valence-electron chi connectivity index (χ2n) is 16.3. The summed E-state index contributed by atoms with van der Waals surface area (Å²) >= 11 is 0. The fourth-order valence-electron chi connectivity index (χ4n) is 8.20. The van der Waals surface area contributed by atoms with Crippen LogP contribution in [0.1, 0.15) is 57.0 Å². The van der Waals surface area contributed by atoms with Crippen molar-refractivity contribution in [1.29, 1.82) is 0 Å². The predicted molar refractivity (Wildman–Crippen MR) is 243 cm³/mol. The van der Waals surface area contributed by atoms with Crippen LogP contribution in [0, 0.1) is 0 Å². The highest BCUT2D eigenvalue weighted by Gasteiger charge is 2.49. The zero-order valence-electron chi connectivity index (χ0n) is 35.8. The molecule has 0 amide bonds. The molecule has 6 aromatic rings. The zero-order valence-corrected chi connectivity index (χ0v) is 36.6. The first-order valence-electron chi connectivity index (χ1n) is 21.8. The minimum atomic E-state index is -3.04. The van der Waals surface area contributed by atoms with Gasteiger partial charge in [-0.1, -0.05) is 133 Å². The van der Waals surface area contributed by atoms with E-state index in [1.54, 1.807) is 0 Å². The third kappa shape index (κ3) is 12.7. The van der Waals surface area contributed by atoms with Gasteiger partial charge in [0.15, 0.2) is 0 Å². The van der Waals surface area contributed by atoms with Crippen molar-refractivity contribution in [3.63, 3.8) is 0 Å². The molecular weight excluding hydrogens is 813 g/mol. The summed E-state index contributed by atoms with van der Waals surface area (Å²) in [6.45, 7) is 2.68. The SMILES string of the molecule is CS(=O)(=O)CCCOc1ccc(Cc2cc([C@@H]3O[C@H](COCc4ccccc4)[C@@H](OCc4ccccc4)[C@H](OCc4ccccc4)[C@H]3OCc3ccccc3)cc3c2OCC3)cc1. The molecule has 0 spiro atoms. The quantitative estimate of drug-likeness (QED) is 0.0656. The molecule has 0 radical (unpaired) electrons. The molecule has 0 aliphatic carbocycles. The van der Waals surface area contributed by atoms with Crippen molar-refractivity contribution in [3.05, 3.63) is 202 Å². The van der Waals surface area contributed by atoms with Gasteiger partial charge in [-0.2, -0.15) is 0 Å². The van der Waals surface area contributed by atoms with E-state index in [-0.39, 0.29) is 12.4 Å². The van der Waals surface area contributed by atoms with Crippen LogP contribution in [0.15, 0.2) is 158 Å². The van der Waals surface area contributed by atoms with E-state index < -0.39 is 40.4 Å². The van der Waals surface area contributed by atoms with Crippen molar-refractivity contribution < 1.29 is 41.6 Å². The van der Waals surface area contributed by atoms with Crippen LogP contribution in [0.5, 0.6) is 11.5 Å². The summed E-state index contributed by atoms with van der Waals surface area (Å²) in [6.07, 6.45) is 0.325. The molecule has 0 unspecified atom stereocenters. The second kappa shape index (κ2) is 21.8. The Hall–Kier alpha value is -5.33. The summed E-state index contributed by atoms with van der Waals surface area (Å²) in [4.78, 5) is 0. The summed E-state index contributed by atoms with van der Waals surface area (Å²) in [5, 5.41) is 0. The van der Waals surface area contributed by atoms with Crippen molar-refractivity contribution in [2.75, 3.05) is 31.8 Å². The van der Waals surface area contributed by atoms with Gasteiger partial charge in [-0.25, -0.2) is 8.42 Å². The summed E-state index contributed by atoms with van der Waals surface area (Å²) in [6, 6.07) is 53.1. The number of hydrogen-bond acceptors (Lipinski definition) is 9. The molecule has 63 heavy (non-hydrogen) atoms. The summed E-state index contributed by atoms with van der Waals surface area (Å²) in [5.74, 6) is 1.70. The fraction of sp³-hybridized carbons (Fsp3) is 0.321. The van der Waals surface area contributed by atoms with Gasteiger partial charge in [0.25, 0.3) is 0 Å². The van der Waals surface area contributed by atoms with E-state index in [2.05, 4.69) is 60.7 Å². The smallest absolute Gasteiger partial charge is 0.147 e. The van der Waals surface area contributed by atoms with Crippen LogP contribution in [0.3, 0.4) is 0 Å². The summed E-state index contributed by atoms with van der Waals surface area (Å²) in [5.41, 5.74) is 8.43. The summed E-state index contributed by atoms with van der Waals surface area (Å²) in [7, 11) is -3.04. The van der Waals surface area contributed by atoms with Crippen LogP contribution in [0.25, 0.3) is 0 Å². The Morgan fingerprint density at radius 2 is 1.14 bits per heavy atom. The number of ether oxygens (including phenoxy) is 7. The Bertz CT molecular complexity index is 2410. The largest absolute Gasteiger partial charge is 0.494 e. The summed E-state index contributed by atoms with van der Waals surface area (Å²) < 4.78 is 70.1. The third-order valence-electron chi connectivity index (χ3n) is 11.3. The van der Waals surface area contributed by atoms with Crippen LogP contribution < -0.4 is 9.47 Å². The lowest BCUT2D eigenvalue weighted by Crippen LogP contribution is -2.58. The molecule has 10 heteroatoms. The highest BCUT2D eigenvalue weighted by atomic mass is 32.2. The van der Waals surface area contributed by atoms with Gasteiger partial charge >= 0.3 is 0 Å². The van der Waals surface area contributed by atoms with Gasteiger partial charge in [0.2, 0.25) is 0 Å². The Morgan fingerprint density at radius 1 is 0.603 bits per heavy atom. The first-order valence-corrected chi connectivity index (χ1v) is 23.8. The molecule has 0 aromatic heterocycles. The standard InChI is InChI=1S/C53H56O9S/c1-63(54,55)30-14-28-57-47-25-23-39(24-26-47)31-45-33-46(32-44-27-29-58-49(44)45)50-52(60-36-42-19-10-4-11-20-42)53(61-37-43-21-12-5-13-22-43)51(59-35-41-17-8-3-9-18-41)48(62-50)38-56-34-40-15-6-2-7-16-40/h2-13,15-26,32-33,48,50-53H,14,27-31,34-38H2,1H3/t48-,50+,51-,52+,53+/m1/s1. The lowest BCUT2D eigenvalue weighted by molar-refractivity contribution is -0.275. The Kier molecular flexibility index (Phi) is 15.4. The maximum Gasteiger partial charge on any atom is 0.147 e. The Balaban J connectivity index is 1.13. The Morgan fingerprint density at radius 3 is 1.71 bits per heavy atom. The van der Waals surface area contributed by atoms with E-state index in [0.29, 0.717) is 58.2 Å². The van der Waals surface area contributed by atoms with Gasteiger partial charge in [0, 0.05) is 19.1 Å². The molecule has 0 bridgehead atoms. The minimum Gasteiger partial charge on any atom is -0.494 e. The maximum atomic E-state index is 11.6. The van der Waals surface area contributed by atoms with Crippen LogP contribution >= 0.6 is 0 Å². The maximum absolute atomic E-state index is 11.6. The van der Waals surface area contributed by atoms with Crippen molar-refractivity contribution in [2.45, 2.75) is 76.2 Å². The van der Waals surface area contributed by atoms with Crippen LogP contribution in [0.4, 0.5) is 0 Å². The molecule has 9 nitrogen and oxygen atoms in total. The molecule has 2 aliphatic rings. The van der Waals surface area contributed by atoms with E-state index in [9.17, 15) is 8.42 Å². The van der Waals surface area contributed by atoms with E-state index in [1.165, 1.54) is 6.26 Å². The molecule has 1 saturated heterocycles. The molecule has 0 saturated carbocycles. The molecule has 2 aliphatic heterocycles. The monoisotopic (exact) mass is 868 g/mol. The van der Waals surface area contributed by atoms with Crippen molar-refractivity contribution in [1.82, 2.24) is 0 Å². The lowest BCUT2D eigenvalue weighted by atomic mass is 9.88. The minimum absolute atomic E-state index is 0.0954. The molecule has 2 heterocycles. The van der Waals surface area contributed by atoms with E-state index in [0.717, 1.165) is 56.7 Å². The van der Waals surface area contributed by atoms with E-state index >= 15 is 0 Å². The van der Waals surface area contributed by atoms with Crippen molar-refractivity contribution in [3.8, 4) is 11.5 Å². The zero-order chi connectivity index (χ0) is 43.3. The van der Waals surface area contributed by atoms with Crippen LogP contribution in [-0.2, 0) is 72.8 Å². The van der Waals surface area contributed by atoms with E-state index in [1.807, 2.05) is 97.1 Å². The number of sulfone groups is 1. The van der Waals surface area contributed by atoms with Crippen molar-refractivity contribution in [2.24, 2.45) is 0 Å². The number of fused-ring (bicyclic) bond motifs is 1. The molecule has 1 fully saturated rings. The Labute approximate surface area is 371 Å². The molecule has 5 atom stereocenters. The second-order valence-corrected chi connectivity index (χ2v) is 18.6. The first kappa shape index (κ1) is 44.3. The number of rotatable bonds is 21. The fourth-order valence-corrected chi connectivity index (χ4v) is 8.85. The average Bonchev–Trinajstić information content (AvgIpc) is 3.80. The van der Waals surface area contributed by atoms with Gasteiger partial charge in [0.05, 0.1) is 52.0 Å². The lowest BCUT2D eigenvalue weighted by Gasteiger charge is -2.46. The normalized spacial score (nSPS) is 19.6. The number of hydrogen-bond donors (Lipinski definition) is 0. The molecular formula is C53H56O9S. The van der Waals surface area contributed by atoms with Gasteiger partial charge in [0.1, 0.15) is 51.9 Å². The van der Waals surface area contributed by atoms with Gasteiger partial charge in [-0.3, -0.25) is 0 Å². The first-order chi connectivity index (χ1) is 30.8. The average molecular weight is 869 g/mol. The van der Waals surface area contributed by atoms with Crippen molar-refractivity contribution >= 4 is 9.84 Å².